The summed E-state index contributed by atoms with van der Waals surface area (Å²) in [7, 11) is 1.59. The summed E-state index contributed by atoms with van der Waals surface area (Å²) in [4.78, 5) is 32.8. The molecule has 1 aromatic carbocycles. The van der Waals surface area contributed by atoms with Crippen molar-refractivity contribution in [1.29, 1.82) is 0 Å². The van der Waals surface area contributed by atoms with Gasteiger partial charge in [-0.3, -0.25) is 14.6 Å². The molecule has 0 saturated carbocycles. The Morgan fingerprint density at radius 3 is 2.69 bits per heavy atom. The first-order valence-electron chi connectivity index (χ1n) is 8.69. The van der Waals surface area contributed by atoms with Crippen LogP contribution in [-0.2, 0) is 22.6 Å². The van der Waals surface area contributed by atoms with Crippen molar-refractivity contribution in [2.45, 2.75) is 25.9 Å². The maximum Gasteiger partial charge on any atom is 0.245 e. The molecule has 3 rings (SSSR count). The molecule has 26 heavy (non-hydrogen) atoms. The molecule has 0 radical (unpaired) electrons. The number of pyridine rings is 1. The molecule has 2 heterocycles. The van der Waals surface area contributed by atoms with Crippen LogP contribution in [0.5, 0.6) is 5.75 Å². The maximum atomic E-state index is 12.7. The minimum atomic E-state index is -0.500. The standard InChI is InChI=1S/C20H23N3O3/c1-15-20(25)22(11-9-16-6-4-3-5-7-16)14-19(24)23(15)13-17-12-18(26-2)8-10-21-17/h3-8,10,12,15H,9,11,13-14H2,1-2H3/t15-/m1/s1. The predicted molar refractivity (Wildman–Crippen MR) is 97.5 cm³/mol. The lowest BCUT2D eigenvalue weighted by Crippen LogP contribution is -2.58. The minimum absolute atomic E-state index is 0.0246. The van der Waals surface area contributed by atoms with Crippen molar-refractivity contribution < 1.29 is 14.3 Å². The molecule has 2 aromatic rings. The van der Waals surface area contributed by atoms with Crippen LogP contribution in [0.25, 0.3) is 0 Å². The highest BCUT2D eigenvalue weighted by atomic mass is 16.5. The normalized spacial score (nSPS) is 17.5. The fourth-order valence-corrected chi connectivity index (χ4v) is 3.11. The molecule has 136 valence electrons. The molecule has 1 fully saturated rings. The van der Waals surface area contributed by atoms with Crippen LogP contribution in [0.4, 0.5) is 0 Å². The Balaban J connectivity index is 1.65. The maximum absolute atomic E-state index is 12.7. The number of aromatic nitrogens is 1. The van der Waals surface area contributed by atoms with E-state index in [2.05, 4.69) is 4.98 Å². The zero-order valence-electron chi connectivity index (χ0n) is 15.1. The van der Waals surface area contributed by atoms with Crippen LogP contribution in [0.15, 0.2) is 48.7 Å². The Labute approximate surface area is 153 Å². The van der Waals surface area contributed by atoms with Gasteiger partial charge in [0.2, 0.25) is 11.8 Å². The Kier molecular flexibility index (Phi) is 5.51. The van der Waals surface area contributed by atoms with Gasteiger partial charge >= 0.3 is 0 Å². The van der Waals surface area contributed by atoms with Crippen LogP contribution >= 0.6 is 0 Å². The molecule has 0 unspecified atom stereocenters. The number of ether oxygens (including phenoxy) is 1. The van der Waals surface area contributed by atoms with E-state index in [0.29, 0.717) is 24.5 Å². The molecule has 1 saturated heterocycles. The largest absolute Gasteiger partial charge is 0.497 e. The first-order chi connectivity index (χ1) is 12.6. The van der Waals surface area contributed by atoms with Crippen LogP contribution in [0.1, 0.15) is 18.2 Å². The van der Waals surface area contributed by atoms with Gasteiger partial charge in [0.1, 0.15) is 11.8 Å². The molecule has 2 amide bonds. The van der Waals surface area contributed by atoms with Gasteiger partial charge < -0.3 is 14.5 Å². The molecule has 0 bridgehead atoms. The summed E-state index contributed by atoms with van der Waals surface area (Å²) in [5, 5.41) is 0. The number of benzene rings is 1. The number of nitrogens with zero attached hydrogens (tertiary/aromatic N) is 3. The Morgan fingerprint density at radius 1 is 1.19 bits per heavy atom. The lowest BCUT2D eigenvalue weighted by atomic mass is 10.1. The molecular formula is C20H23N3O3. The molecule has 6 heteroatoms. The third kappa shape index (κ3) is 4.02. The number of amides is 2. The van der Waals surface area contributed by atoms with Crippen molar-refractivity contribution in [2.75, 3.05) is 20.2 Å². The molecular weight excluding hydrogens is 330 g/mol. The summed E-state index contributed by atoms with van der Waals surface area (Å²) in [5.41, 5.74) is 1.86. The van der Waals surface area contributed by atoms with Gasteiger partial charge in [-0.05, 0) is 25.0 Å². The Morgan fingerprint density at radius 2 is 1.96 bits per heavy atom. The number of carbonyl (C=O) groups excluding carboxylic acids is 2. The highest BCUT2D eigenvalue weighted by Crippen LogP contribution is 2.18. The van der Waals surface area contributed by atoms with Crippen LogP contribution in [0.3, 0.4) is 0 Å². The van der Waals surface area contributed by atoms with E-state index in [4.69, 9.17) is 4.74 Å². The van der Waals surface area contributed by atoms with E-state index >= 15 is 0 Å². The predicted octanol–water partition coefficient (Wildman–Crippen LogP) is 1.89. The topological polar surface area (TPSA) is 62.7 Å². The third-order valence-corrected chi connectivity index (χ3v) is 4.65. The lowest BCUT2D eigenvalue weighted by molar-refractivity contribution is -0.155. The molecule has 1 aromatic heterocycles. The summed E-state index contributed by atoms with van der Waals surface area (Å²) in [6.45, 7) is 2.73. The van der Waals surface area contributed by atoms with Crippen molar-refractivity contribution in [2.24, 2.45) is 0 Å². The SMILES string of the molecule is COc1ccnc(CN2C(=O)CN(CCc3ccccc3)C(=O)[C@H]2C)c1. The average molecular weight is 353 g/mol. The van der Waals surface area contributed by atoms with Crippen molar-refractivity contribution >= 4 is 11.8 Å². The zero-order chi connectivity index (χ0) is 18.5. The monoisotopic (exact) mass is 353 g/mol. The first-order valence-corrected chi connectivity index (χ1v) is 8.69. The molecule has 1 aliphatic rings. The van der Waals surface area contributed by atoms with Gasteiger partial charge in [-0.15, -0.1) is 0 Å². The Hall–Kier alpha value is -2.89. The summed E-state index contributed by atoms with van der Waals surface area (Å²) in [5.74, 6) is 0.598. The summed E-state index contributed by atoms with van der Waals surface area (Å²) in [6, 6.07) is 13.0. The van der Waals surface area contributed by atoms with Crippen LogP contribution in [0.2, 0.25) is 0 Å². The van der Waals surface area contributed by atoms with Gasteiger partial charge in [-0.1, -0.05) is 30.3 Å². The second-order valence-corrected chi connectivity index (χ2v) is 6.38. The second-order valence-electron chi connectivity index (χ2n) is 6.38. The van der Waals surface area contributed by atoms with Crippen molar-refractivity contribution in [3.63, 3.8) is 0 Å². The van der Waals surface area contributed by atoms with Gasteiger partial charge in [0.05, 0.1) is 25.9 Å². The number of hydrogen-bond acceptors (Lipinski definition) is 4. The van der Waals surface area contributed by atoms with Crippen LogP contribution < -0.4 is 4.74 Å². The van der Waals surface area contributed by atoms with Crippen molar-refractivity contribution in [1.82, 2.24) is 14.8 Å². The Bertz CT molecular complexity index is 779. The molecule has 0 N–H and O–H groups in total. The number of methoxy groups -OCH3 is 1. The van der Waals surface area contributed by atoms with E-state index in [0.717, 1.165) is 12.0 Å². The van der Waals surface area contributed by atoms with E-state index in [-0.39, 0.29) is 18.4 Å². The fourth-order valence-electron chi connectivity index (χ4n) is 3.11. The highest BCUT2D eigenvalue weighted by molar-refractivity contribution is 5.94. The number of carbonyl (C=O) groups is 2. The fraction of sp³-hybridized carbons (Fsp3) is 0.350. The number of hydrogen-bond donors (Lipinski definition) is 0. The zero-order valence-corrected chi connectivity index (χ0v) is 15.1. The quantitative estimate of drug-likeness (QED) is 0.796. The summed E-state index contributed by atoms with van der Waals surface area (Å²) in [6.07, 6.45) is 2.38. The van der Waals surface area contributed by atoms with Crippen LogP contribution in [-0.4, -0.2) is 52.8 Å². The minimum Gasteiger partial charge on any atom is -0.497 e. The second kappa shape index (κ2) is 7.99. The molecule has 6 nitrogen and oxygen atoms in total. The molecule has 1 atom stereocenters. The van der Waals surface area contributed by atoms with E-state index in [1.54, 1.807) is 42.2 Å². The van der Waals surface area contributed by atoms with Gasteiger partial charge in [-0.2, -0.15) is 0 Å². The van der Waals surface area contributed by atoms with Gasteiger partial charge in [0, 0.05) is 18.8 Å². The van der Waals surface area contributed by atoms with Crippen LogP contribution in [0, 0.1) is 0 Å². The van der Waals surface area contributed by atoms with E-state index in [1.807, 2.05) is 30.3 Å². The smallest absolute Gasteiger partial charge is 0.245 e. The molecule has 1 aliphatic heterocycles. The van der Waals surface area contributed by atoms with Crippen molar-refractivity contribution in [3.8, 4) is 5.75 Å². The van der Waals surface area contributed by atoms with Gasteiger partial charge in [0.15, 0.2) is 0 Å². The number of rotatable bonds is 6. The van der Waals surface area contributed by atoms with Gasteiger partial charge in [0.25, 0.3) is 0 Å². The summed E-state index contributed by atoms with van der Waals surface area (Å²) < 4.78 is 5.19. The lowest BCUT2D eigenvalue weighted by Gasteiger charge is -2.38. The van der Waals surface area contributed by atoms with Crippen molar-refractivity contribution in [3.05, 3.63) is 59.9 Å². The third-order valence-electron chi connectivity index (χ3n) is 4.65. The molecule has 0 spiro atoms. The first kappa shape index (κ1) is 17.9. The van der Waals surface area contributed by atoms with Gasteiger partial charge in [-0.25, -0.2) is 0 Å². The summed E-state index contributed by atoms with van der Waals surface area (Å²) >= 11 is 0. The molecule has 0 aliphatic carbocycles. The van der Waals surface area contributed by atoms with E-state index in [1.165, 1.54) is 0 Å². The number of piperazine rings is 1. The van der Waals surface area contributed by atoms with E-state index < -0.39 is 6.04 Å². The van der Waals surface area contributed by atoms with E-state index in [9.17, 15) is 9.59 Å². The average Bonchev–Trinajstić information content (AvgIpc) is 2.68. The highest BCUT2D eigenvalue weighted by Gasteiger charge is 2.36.